The summed E-state index contributed by atoms with van der Waals surface area (Å²) in [7, 11) is 0. The van der Waals surface area contributed by atoms with Gasteiger partial charge in [0.2, 0.25) is 11.8 Å². The summed E-state index contributed by atoms with van der Waals surface area (Å²) in [5, 5.41) is 14.3. The van der Waals surface area contributed by atoms with Gasteiger partial charge in [0.15, 0.2) is 0 Å². The van der Waals surface area contributed by atoms with E-state index in [1.54, 1.807) is 36.5 Å². The lowest BCUT2D eigenvalue weighted by molar-refractivity contribution is -0.134. The number of carbonyl (C=O) groups is 2. The summed E-state index contributed by atoms with van der Waals surface area (Å²) in [5.74, 6) is -0.593. The number of pyridine rings is 1. The Morgan fingerprint density at radius 1 is 1.12 bits per heavy atom. The molecule has 0 atom stereocenters. The van der Waals surface area contributed by atoms with Crippen molar-refractivity contribution in [2.24, 2.45) is 5.41 Å². The molecule has 120 valence electrons. The van der Waals surface area contributed by atoms with Gasteiger partial charge < -0.3 is 10.6 Å². The first-order valence-electron chi connectivity index (χ1n) is 7.64. The van der Waals surface area contributed by atoms with Gasteiger partial charge in [0.25, 0.3) is 0 Å². The molecule has 1 aliphatic rings. The van der Waals surface area contributed by atoms with Gasteiger partial charge in [0.05, 0.1) is 23.9 Å². The highest BCUT2D eigenvalue weighted by Crippen LogP contribution is 2.46. The maximum atomic E-state index is 12.5. The number of nitrogens with one attached hydrogen (secondary N) is 2. The van der Waals surface area contributed by atoms with Crippen LogP contribution in [0.3, 0.4) is 0 Å². The SMILES string of the molecule is N#Cc1ccc(NC(=O)C2(C(=O)NCc3ccccn3)CC2)cc1. The van der Waals surface area contributed by atoms with Crippen molar-refractivity contribution in [1.82, 2.24) is 10.3 Å². The van der Waals surface area contributed by atoms with Crippen LogP contribution in [0, 0.1) is 16.7 Å². The van der Waals surface area contributed by atoms with Crippen molar-refractivity contribution < 1.29 is 9.59 Å². The topological polar surface area (TPSA) is 94.9 Å². The zero-order valence-corrected chi connectivity index (χ0v) is 13.0. The van der Waals surface area contributed by atoms with Crippen molar-refractivity contribution in [3.8, 4) is 6.07 Å². The minimum absolute atomic E-state index is 0.278. The quantitative estimate of drug-likeness (QED) is 0.824. The Morgan fingerprint density at radius 2 is 1.88 bits per heavy atom. The molecule has 1 aromatic carbocycles. The number of nitriles is 1. The Balaban J connectivity index is 1.61. The second-order valence-corrected chi connectivity index (χ2v) is 5.73. The van der Waals surface area contributed by atoms with Crippen molar-refractivity contribution in [3.63, 3.8) is 0 Å². The van der Waals surface area contributed by atoms with Crippen LogP contribution in [0.15, 0.2) is 48.7 Å². The molecule has 1 heterocycles. The lowest BCUT2D eigenvalue weighted by Crippen LogP contribution is -2.39. The molecule has 1 saturated carbocycles. The standard InChI is InChI=1S/C18H16N4O2/c19-11-13-4-6-14(7-5-13)22-17(24)18(8-9-18)16(23)21-12-15-3-1-2-10-20-15/h1-7,10H,8-9,12H2,(H,21,23)(H,22,24). The van der Waals surface area contributed by atoms with Gasteiger partial charge in [-0.2, -0.15) is 5.26 Å². The summed E-state index contributed by atoms with van der Waals surface area (Å²) in [4.78, 5) is 29.0. The van der Waals surface area contributed by atoms with Gasteiger partial charge in [-0.15, -0.1) is 0 Å². The second-order valence-electron chi connectivity index (χ2n) is 5.73. The lowest BCUT2D eigenvalue weighted by Gasteiger charge is -2.15. The first kappa shape index (κ1) is 15.7. The second kappa shape index (κ2) is 6.50. The molecule has 3 rings (SSSR count). The van der Waals surface area contributed by atoms with Crippen molar-refractivity contribution in [1.29, 1.82) is 5.26 Å². The van der Waals surface area contributed by atoms with E-state index in [9.17, 15) is 9.59 Å². The molecular formula is C18H16N4O2. The Hall–Kier alpha value is -3.20. The fraction of sp³-hybridized carbons (Fsp3) is 0.222. The zero-order valence-electron chi connectivity index (χ0n) is 13.0. The van der Waals surface area contributed by atoms with E-state index in [0.29, 0.717) is 30.6 Å². The number of nitrogens with zero attached hydrogens (tertiary/aromatic N) is 2. The number of amides is 2. The molecule has 24 heavy (non-hydrogen) atoms. The number of anilines is 1. The smallest absolute Gasteiger partial charge is 0.240 e. The number of hydrogen-bond acceptors (Lipinski definition) is 4. The molecule has 6 heteroatoms. The van der Waals surface area contributed by atoms with Crippen LogP contribution in [0.1, 0.15) is 24.1 Å². The maximum Gasteiger partial charge on any atom is 0.240 e. The summed E-state index contributed by atoms with van der Waals surface area (Å²) in [6, 6.07) is 14.0. The van der Waals surface area contributed by atoms with Gasteiger partial charge in [-0.3, -0.25) is 14.6 Å². The zero-order chi connectivity index (χ0) is 17.0. The van der Waals surface area contributed by atoms with E-state index < -0.39 is 5.41 Å². The first-order chi connectivity index (χ1) is 11.6. The van der Waals surface area contributed by atoms with Crippen LogP contribution in [0.4, 0.5) is 5.69 Å². The molecule has 1 fully saturated rings. The van der Waals surface area contributed by atoms with Crippen LogP contribution in [-0.2, 0) is 16.1 Å². The highest BCUT2D eigenvalue weighted by atomic mass is 16.2. The van der Waals surface area contributed by atoms with Gasteiger partial charge in [-0.1, -0.05) is 6.07 Å². The molecule has 1 aromatic heterocycles. The van der Waals surface area contributed by atoms with Crippen LogP contribution >= 0.6 is 0 Å². The lowest BCUT2D eigenvalue weighted by atomic mass is 10.0. The minimum Gasteiger partial charge on any atom is -0.350 e. The number of carbonyl (C=O) groups excluding carboxylic acids is 2. The van der Waals surface area contributed by atoms with Crippen molar-refractivity contribution >= 4 is 17.5 Å². The molecule has 0 radical (unpaired) electrons. The molecule has 1 aliphatic carbocycles. The summed E-state index contributed by atoms with van der Waals surface area (Å²) >= 11 is 0. The summed E-state index contributed by atoms with van der Waals surface area (Å²) in [6.45, 7) is 0.297. The normalized spacial score (nSPS) is 14.3. The van der Waals surface area contributed by atoms with Gasteiger partial charge in [-0.25, -0.2) is 0 Å². The first-order valence-corrected chi connectivity index (χ1v) is 7.64. The maximum absolute atomic E-state index is 12.5. The molecular weight excluding hydrogens is 304 g/mol. The molecule has 0 bridgehead atoms. The predicted octanol–water partition coefficient (Wildman–Crippen LogP) is 1.99. The van der Waals surface area contributed by atoms with E-state index in [1.165, 1.54) is 0 Å². The molecule has 0 spiro atoms. The molecule has 0 unspecified atom stereocenters. The van der Waals surface area contributed by atoms with E-state index in [2.05, 4.69) is 15.6 Å². The van der Waals surface area contributed by atoms with Gasteiger partial charge in [0.1, 0.15) is 5.41 Å². The van der Waals surface area contributed by atoms with Crippen molar-refractivity contribution in [2.45, 2.75) is 19.4 Å². The van der Waals surface area contributed by atoms with E-state index in [0.717, 1.165) is 5.69 Å². The third kappa shape index (κ3) is 3.25. The Morgan fingerprint density at radius 3 is 2.46 bits per heavy atom. The summed E-state index contributed by atoms with van der Waals surface area (Å²) in [5.41, 5.74) is 0.835. The fourth-order valence-electron chi connectivity index (χ4n) is 2.40. The predicted molar refractivity (Wildman–Crippen MR) is 87.5 cm³/mol. The van der Waals surface area contributed by atoms with Crippen LogP contribution in [0.5, 0.6) is 0 Å². The van der Waals surface area contributed by atoms with Crippen LogP contribution < -0.4 is 10.6 Å². The molecule has 2 aromatic rings. The van der Waals surface area contributed by atoms with Gasteiger partial charge in [-0.05, 0) is 49.2 Å². The van der Waals surface area contributed by atoms with Gasteiger partial charge >= 0.3 is 0 Å². The Bertz CT molecular complexity index is 790. The van der Waals surface area contributed by atoms with Crippen LogP contribution in [0.25, 0.3) is 0 Å². The highest BCUT2D eigenvalue weighted by molar-refractivity contribution is 6.13. The van der Waals surface area contributed by atoms with E-state index in [4.69, 9.17) is 5.26 Å². The largest absolute Gasteiger partial charge is 0.350 e. The Labute approximate surface area is 139 Å². The molecule has 6 nitrogen and oxygen atoms in total. The van der Waals surface area contributed by atoms with Gasteiger partial charge in [0, 0.05) is 11.9 Å². The average molecular weight is 320 g/mol. The fourth-order valence-corrected chi connectivity index (χ4v) is 2.40. The van der Waals surface area contributed by atoms with Crippen LogP contribution in [0.2, 0.25) is 0 Å². The third-order valence-electron chi connectivity index (χ3n) is 4.05. The molecule has 0 aliphatic heterocycles. The number of hydrogen-bond donors (Lipinski definition) is 2. The van der Waals surface area contributed by atoms with Crippen molar-refractivity contribution in [2.75, 3.05) is 5.32 Å². The third-order valence-corrected chi connectivity index (χ3v) is 4.05. The minimum atomic E-state index is -0.997. The van der Waals surface area contributed by atoms with E-state index >= 15 is 0 Å². The number of aromatic nitrogens is 1. The monoisotopic (exact) mass is 320 g/mol. The summed E-state index contributed by atoms with van der Waals surface area (Å²) in [6.07, 6.45) is 2.72. The molecule has 2 amide bonds. The highest BCUT2D eigenvalue weighted by Gasteiger charge is 2.56. The van der Waals surface area contributed by atoms with Crippen molar-refractivity contribution in [3.05, 3.63) is 59.9 Å². The van der Waals surface area contributed by atoms with E-state index in [-0.39, 0.29) is 11.8 Å². The van der Waals surface area contributed by atoms with Crippen LogP contribution in [-0.4, -0.2) is 16.8 Å². The number of benzene rings is 1. The number of rotatable bonds is 5. The van der Waals surface area contributed by atoms with E-state index in [1.807, 2.05) is 18.2 Å². The molecule has 2 N–H and O–H groups in total. The summed E-state index contributed by atoms with van der Waals surface area (Å²) < 4.78 is 0. The molecule has 0 saturated heterocycles. The Kier molecular flexibility index (Phi) is 4.25. The average Bonchev–Trinajstić information content (AvgIpc) is 3.43.